The average molecular weight is 174 g/mol. The van der Waals surface area contributed by atoms with Crippen LogP contribution in [0.4, 0.5) is 0 Å². The lowest BCUT2D eigenvalue weighted by molar-refractivity contribution is 0.271. The van der Waals surface area contributed by atoms with Crippen LogP contribution < -0.4 is 0 Å². The Labute approximate surface area is 80.4 Å². The van der Waals surface area contributed by atoms with Crippen molar-refractivity contribution >= 4 is 0 Å². The Hall–Kier alpha value is -0.260. The molecule has 0 radical (unpaired) electrons. The molecule has 3 saturated carbocycles. The zero-order valence-electron chi connectivity index (χ0n) is 8.53. The van der Waals surface area contributed by atoms with Crippen molar-refractivity contribution in [2.75, 3.05) is 0 Å². The maximum Gasteiger partial charge on any atom is -0.0168 e. The van der Waals surface area contributed by atoms with Gasteiger partial charge < -0.3 is 0 Å². The van der Waals surface area contributed by atoms with Crippen molar-refractivity contribution in [3.63, 3.8) is 0 Å². The molecule has 0 aromatic carbocycles. The highest BCUT2D eigenvalue weighted by Gasteiger charge is 2.74. The molecule has 3 fully saturated rings. The first-order valence-electron chi connectivity index (χ1n) is 5.88. The van der Waals surface area contributed by atoms with Gasteiger partial charge in [-0.05, 0) is 53.8 Å². The molecule has 0 amide bonds. The van der Waals surface area contributed by atoms with E-state index in [4.69, 9.17) is 0 Å². The fourth-order valence-electron chi connectivity index (χ4n) is 5.41. The van der Waals surface area contributed by atoms with E-state index in [-0.39, 0.29) is 0 Å². The van der Waals surface area contributed by atoms with Crippen molar-refractivity contribution in [1.29, 1.82) is 0 Å². The van der Waals surface area contributed by atoms with E-state index in [2.05, 4.69) is 26.0 Å². The predicted molar refractivity (Wildman–Crippen MR) is 53.1 cm³/mol. The molecular formula is C13H18. The Morgan fingerprint density at radius 1 is 1.08 bits per heavy atom. The van der Waals surface area contributed by atoms with E-state index in [0.29, 0.717) is 0 Å². The Kier molecular flexibility index (Phi) is 0.959. The van der Waals surface area contributed by atoms with Gasteiger partial charge in [-0.2, -0.15) is 0 Å². The first kappa shape index (κ1) is 7.09. The van der Waals surface area contributed by atoms with Gasteiger partial charge in [0.2, 0.25) is 0 Å². The summed E-state index contributed by atoms with van der Waals surface area (Å²) in [6.07, 6.45) is 7.98. The van der Waals surface area contributed by atoms with E-state index >= 15 is 0 Å². The molecule has 13 heavy (non-hydrogen) atoms. The second kappa shape index (κ2) is 1.76. The van der Waals surface area contributed by atoms with Crippen LogP contribution in [0.5, 0.6) is 0 Å². The Morgan fingerprint density at radius 2 is 1.85 bits per heavy atom. The highest BCUT2D eigenvalue weighted by Crippen LogP contribution is 2.79. The topological polar surface area (TPSA) is 0 Å². The molecule has 6 atom stereocenters. The van der Waals surface area contributed by atoms with Crippen LogP contribution >= 0.6 is 0 Å². The van der Waals surface area contributed by atoms with Crippen molar-refractivity contribution in [3.8, 4) is 0 Å². The second-order valence-electron chi connectivity index (χ2n) is 6.34. The smallest absolute Gasteiger partial charge is 0.0168 e. The summed E-state index contributed by atoms with van der Waals surface area (Å²) in [5.74, 6) is 6.53. The standard InChI is InChI=1S/C13H18/c1-13(2)11-9-6-10(12(11)13)8-5-3-4-7(8)9/h3-4,7-12H,5-6H2,1-2H3/t7-,8+,9+,10-,11+,12-/m0/s1. The van der Waals surface area contributed by atoms with Crippen molar-refractivity contribution in [3.05, 3.63) is 12.2 Å². The van der Waals surface area contributed by atoms with Crippen LogP contribution in [-0.4, -0.2) is 0 Å². The summed E-state index contributed by atoms with van der Waals surface area (Å²) in [6.45, 7) is 5.01. The van der Waals surface area contributed by atoms with Gasteiger partial charge in [0, 0.05) is 0 Å². The third-order valence-corrected chi connectivity index (χ3v) is 5.77. The van der Waals surface area contributed by atoms with Crippen molar-refractivity contribution in [2.24, 2.45) is 40.9 Å². The number of fused-ring (bicyclic) bond motifs is 8. The van der Waals surface area contributed by atoms with Gasteiger partial charge in [-0.15, -0.1) is 0 Å². The molecule has 0 saturated heterocycles. The van der Waals surface area contributed by atoms with Gasteiger partial charge in [0.15, 0.2) is 0 Å². The fourth-order valence-corrected chi connectivity index (χ4v) is 5.41. The van der Waals surface area contributed by atoms with Gasteiger partial charge in [-0.3, -0.25) is 0 Å². The minimum Gasteiger partial charge on any atom is -0.0879 e. The molecule has 0 aromatic heterocycles. The van der Waals surface area contributed by atoms with Gasteiger partial charge in [0.1, 0.15) is 0 Å². The van der Waals surface area contributed by atoms with E-state index in [1.807, 2.05) is 0 Å². The summed E-state index contributed by atoms with van der Waals surface area (Å²) in [5.41, 5.74) is 0.728. The summed E-state index contributed by atoms with van der Waals surface area (Å²) < 4.78 is 0. The quantitative estimate of drug-likeness (QED) is 0.495. The minimum atomic E-state index is 0.728. The molecule has 0 nitrogen and oxygen atoms in total. The molecule has 70 valence electrons. The van der Waals surface area contributed by atoms with E-state index in [9.17, 15) is 0 Å². The molecule has 0 spiro atoms. The summed E-state index contributed by atoms with van der Waals surface area (Å²) in [5, 5.41) is 0. The van der Waals surface area contributed by atoms with E-state index in [0.717, 1.165) is 40.9 Å². The van der Waals surface area contributed by atoms with Crippen LogP contribution in [0, 0.1) is 40.9 Å². The fraction of sp³-hybridized carbons (Fsp3) is 0.846. The summed E-state index contributed by atoms with van der Waals surface area (Å²) in [6, 6.07) is 0. The highest BCUT2D eigenvalue weighted by molar-refractivity contribution is 5.26. The maximum atomic E-state index is 2.54. The largest absolute Gasteiger partial charge is 0.0879 e. The van der Waals surface area contributed by atoms with Gasteiger partial charge in [-0.25, -0.2) is 0 Å². The molecule has 0 heterocycles. The summed E-state index contributed by atoms with van der Waals surface area (Å²) in [4.78, 5) is 0. The van der Waals surface area contributed by atoms with Crippen LogP contribution in [0.15, 0.2) is 12.2 Å². The molecule has 0 heteroatoms. The van der Waals surface area contributed by atoms with Crippen LogP contribution in [0.3, 0.4) is 0 Å². The molecule has 2 bridgehead atoms. The Morgan fingerprint density at radius 3 is 2.69 bits per heavy atom. The van der Waals surface area contributed by atoms with Gasteiger partial charge in [0.25, 0.3) is 0 Å². The molecular weight excluding hydrogens is 156 g/mol. The lowest BCUT2D eigenvalue weighted by Crippen LogP contribution is -2.18. The zero-order valence-corrected chi connectivity index (χ0v) is 8.53. The van der Waals surface area contributed by atoms with Crippen LogP contribution in [0.25, 0.3) is 0 Å². The lowest BCUT2D eigenvalue weighted by Gasteiger charge is -2.23. The maximum absolute atomic E-state index is 2.54. The van der Waals surface area contributed by atoms with Gasteiger partial charge in [-0.1, -0.05) is 26.0 Å². The summed E-state index contributed by atoms with van der Waals surface area (Å²) in [7, 11) is 0. The first-order valence-corrected chi connectivity index (χ1v) is 5.88. The first-order chi connectivity index (χ1) is 6.21. The predicted octanol–water partition coefficient (Wildman–Crippen LogP) is 3.10. The van der Waals surface area contributed by atoms with E-state index in [1.54, 1.807) is 6.42 Å². The third kappa shape index (κ3) is 0.582. The Balaban J connectivity index is 1.77. The van der Waals surface area contributed by atoms with Crippen molar-refractivity contribution in [1.82, 2.24) is 0 Å². The minimum absolute atomic E-state index is 0.728. The van der Waals surface area contributed by atoms with E-state index < -0.39 is 0 Å². The molecule has 0 unspecified atom stereocenters. The van der Waals surface area contributed by atoms with Crippen LogP contribution in [-0.2, 0) is 0 Å². The number of allylic oxidation sites excluding steroid dienone is 2. The molecule has 0 aliphatic heterocycles. The molecule has 4 rings (SSSR count). The number of rotatable bonds is 0. The van der Waals surface area contributed by atoms with Crippen molar-refractivity contribution in [2.45, 2.75) is 26.7 Å². The SMILES string of the molecule is CC1(C)[C@@H]2[C@@H]3C[C@@H]([C@@H]4CC=C[C@@H]43)[C@@H]21. The average Bonchev–Trinajstić information content (AvgIpc) is 2.59. The third-order valence-electron chi connectivity index (χ3n) is 5.77. The highest BCUT2D eigenvalue weighted by atomic mass is 14.8. The van der Waals surface area contributed by atoms with Gasteiger partial charge in [0.05, 0.1) is 0 Å². The van der Waals surface area contributed by atoms with Gasteiger partial charge >= 0.3 is 0 Å². The molecule has 0 N–H and O–H groups in total. The number of hydrogen-bond donors (Lipinski definition) is 0. The van der Waals surface area contributed by atoms with Crippen LogP contribution in [0.1, 0.15) is 26.7 Å². The second-order valence-corrected chi connectivity index (χ2v) is 6.34. The van der Waals surface area contributed by atoms with Crippen LogP contribution in [0.2, 0.25) is 0 Å². The molecule has 4 aliphatic rings. The monoisotopic (exact) mass is 174 g/mol. The normalized spacial score (nSPS) is 63.8. The number of hydrogen-bond acceptors (Lipinski definition) is 0. The molecule has 0 aromatic rings. The zero-order chi connectivity index (χ0) is 8.79. The summed E-state index contributed by atoms with van der Waals surface area (Å²) >= 11 is 0. The Bertz CT molecular complexity index is 297. The molecule has 4 aliphatic carbocycles. The van der Waals surface area contributed by atoms with Crippen molar-refractivity contribution < 1.29 is 0 Å². The van der Waals surface area contributed by atoms with E-state index in [1.165, 1.54) is 6.42 Å². The lowest BCUT2D eigenvalue weighted by atomic mass is 9.82.